The summed E-state index contributed by atoms with van der Waals surface area (Å²) in [4.78, 5) is 42.1. The van der Waals surface area contributed by atoms with E-state index in [0.717, 1.165) is 30.8 Å². The Hall–Kier alpha value is -3.23. The normalized spacial score (nSPS) is 17.9. The standard InChI is InChI=1S/C23H31N5O2.CH2O2/c1-17(2)21-23-24-22(18-9-4-3-5-10-18)25-28(23)16-15-27(21)20(30)12-8-14-26-13-7-6-11-19(26)29;2-1-3/h3-5,9-10,17,21H,6-8,11-16H2,1-2H3;1H,(H,2,3)/t21-;/m0./s1. The molecule has 0 bridgehead atoms. The van der Waals surface area contributed by atoms with Gasteiger partial charge in [-0.15, -0.1) is 0 Å². The predicted molar refractivity (Wildman–Crippen MR) is 123 cm³/mol. The highest BCUT2D eigenvalue weighted by Gasteiger charge is 2.35. The fourth-order valence-corrected chi connectivity index (χ4v) is 4.53. The van der Waals surface area contributed by atoms with Crippen molar-refractivity contribution in [3.05, 3.63) is 36.2 Å². The van der Waals surface area contributed by atoms with Crippen molar-refractivity contribution >= 4 is 18.3 Å². The lowest BCUT2D eigenvalue weighted by Gasteiger charge is -2.37. The average molecular weight is 456 g/mol. The lowest BCUT2D eigenvalue weighted by atomic mass is 9.99. The number of hydrogen-bond donors (Lipinski definition) is 1. The van der Waals surface area contributed by atoms with Gasteiger partial charge in [-0.3, -0.25) is 14.4 Å². The Kier molecular flexibility index (Phi) is 8.57. The van der Waals surface area contributed by atoms with Crippen LogP contribution in [-0.4, -0.2) is 67.6 Å². The number of carbonyl (C=O) groups excluding carboxylic acids is 2. The highest BCUT2D eigenvalue weighted by molar-refractivity contribution is 5.78. The highest BCUT2D eigenvalue weighted by Crippen LogP contribution is 2.32. The summed E-state index contributed by atoms with van der Waals surface area (Å²) in [7, 11) is 0. The van der Waals surface area contributed by atoms with E-state index in [1.165, 1.54) is 0 Å². The number of hydrogen-bond acceptors (Lipinski definition) is 5. The van der Waals surface area contributed by atoms with E-state index in [9.17, 15) is 9.59 Å². The summed E-state index contributed by atoms with van der Waals surface area (Å²) in [6, 6.07) is 9.89. The van der Waals surface area contributed by atoms with Gasteiger partial charge in [0.1, 0.15) is 0 Å². The van der Waals surface area contributed by atoms with Gasteiger partial charge in [0.05, 0.1) is 12.6 Å². The Morgan fingerprint density at radius 2 is 1.91 bits per heavy atom. The SMILES string of the molecule is CC(C)[C@H]1c2nc(-c3ccccc3)nn2CCN1C(=O)CCCN1CCCCC1=O.O=CO. The molecule has 1 fully saturated rings. The van der Waals surface area contributed by atoms with Crippen molar-refractivity contribution in [2.75, 3.05) is 19.6 Å². The van der Waals surface area contributed by atoms with Gasteiger partial charge in [0.25, 0.3) is 6.47 Å². The molecule has 9 heteroatoms. The van der Waals surface area contributed by atoms with Crippen LogP contribution in [0.25, 0.3) is 11.4 Å². The molecule has 1 aromatic carbocycles. The van der Waals surface area contributed by atoms with Crippen molar-refractivity contribution < 1.29 is 19.5 Å². The monoisotopic (exact) mass is 455 g/mol. The van der Waals surface area contributed by atoms with Gasteiger partial charge < -0.3 is 14.9 Å². The molecule has 9 nitrogen and oxygen atoms in total. The summed E-state index contributed by atoms with van der Waals surface area (Å²) in [6.45, 7) is 6.83. The summed E-state index contributed by atoms with van der Waals surface area (Å²) in [5.41, 5.74) is 0.992. The van der Waals surface area contributed by atoms with Crippen molar-refractivity contribution in [1.29, 1.82) is 0 Å². The first-order valence-corrected chi connectivity index (χ1v) is 11.6. The minimum atomic E-state index is -0.250. The van der Waals surface area contributed by atoms with Crippen LogP contribution in [0.2, 0.25) is 0 Å². The van der Waals surface area contributed by atoms with E-state index in [2.05, 4.69) is 13.8 Å². The summed E-state index contributed by atoms with van der Waals surface area (Å²) < 4.78 is 1.96. The molecule has 2 aromatic rings. The molecule has 0 aliphatic carbocycles. The maximum absolute atomic E-state index is 13.1. The molecule has 4 rings (SSSR count). The molecule has 0 unspecified atom stereocenters. The minimum absolute atomic E-state index is 0.0761. The summed E-state index contributed by atoms with van der Waals surface area (Å²) in [6.07, 6.45) is 3.89. The Balaban J connectivity index is 0.000000968. The summed E-state index contributed by atoms with van der Waals surface area (Å²) >= 11 is 0. The molecular weight excluding hydrogens is 422 g/mol. The van der Waals surface area contributed by atoms with E-state index in [-0.39, 0.29) is 30.2 Å². The molecule has 2 amide bonds. The van der Waals surface area contributed by atoms with Gasteiger partial charge in [0.2, 0.25) is 11.8 Å². The molecule has 2 aliphatic rings. The average Bonchev–Trinajstić information content (AvgIpc) is 3.25. The Morgan fingerprint density at radius 3 is 2.58 bits per heavy atom. The number of benzene rings is 1. The number of carbonyl (C=O) groups is 3. The van der Waals surface area contributed by atoms with Gasteiger partial charge in [0.15, 0.2) is 11.6 Å². The number of amides is 2. The lowest BCUT2D eigenvalue weighted by Crippen LogP contribution is -2.45. The molecule has 1 atom stereocenters. The van der Waals surface area contributed by atoms with Crippen LogP contribution in [0.15, 0.2) is 30.3 Å². The second-order valence-corrected chi connectivity index (χ2v) is 8.71. The molecular formula is C24H33N5O4. The molecule has 0 saturated carbocycles. The van der Waals surface area contributed by atoms with Gasteiger partial charge in [-0.2, -0.15) is 5.10 Å². The molecule has 0 spiro atoms. The number of carboxylic acid groups (broad SMARTS) is 1. The van der Waals surface area contributed by atoms with Crippen LogP contribution < -0.4 is 0 Å². The topological polar surface area (TPSA) is 109 Å². The van der Waals surface area contributed by atoms with Crippen LogP contribution in [0.3, 0.4) is 0 Å². The predicted octanol–water partition coefficient (Wildman–Crippen LogP) is 2.98. The first-order valence-electron chi connectivity index (χ1n) is 11.6. The van der Waals surface area contributed by atoms with Crippen LogP contribution in [-0.2, 0) is 20.9 Å². The molecule has 0 radical (unpaired) electrons. The fraction of sp³-hybridized carbons (Fsp3) is 0.542. The zero-order valence-corrected chi connectivity index (χ0v) is 19.4. The van der Waals surface area contributed by atoms with E-state index < -0.39 is 0 Å². The van der Waals surface area contributed by atoms with Gasteiger partial charge in [-0.05, 0) is 25.2 Å². The second-order valence-electron chi connectivity index (χ2n) is 8.71. The maximum Gasteiger partial charge on any atom is 0.290 e. The zero-order valence-electron chi connectivity index (χ0n) is 19.4. The van der Waals surface area contributed by atoms with Gasteiger partial charge in [-0.25, -0.2) is 9.67 Å². The number of fused-ring (bicyclic) bond motifs is 1. The molecule has 1 N–H and O–H groups in total. The van der Waals surface area contributed by atoms with Crippen LogP contribution >= 0.6 is 0 Å². The number of nitrogens with zero attached hydrogens (tertiary/aromatic N) is 5. The number of rotatable bonds is 6. The van der Waals surface area contributed by atoms with E-state index in [4.69, 9.17) is 20.0 Å². The van der Waals surface area contributed by atoms with Crippen LogP contribution in [0, 0.1) is 5.92 Å². The largest absolute Gasteiger partial charge is 0.483 e. The van der Waals surface area contributed by atoms with Crippen molar-refractivity contribution in [3.8, 4) is 11.4 Å². The first kappa shape index (κ1) is 24.4. The number of aromatic nitrogens is 3. The molecule has 33 heavy (non-hydrogen) atoms. The van der Waals surface area contributed by atoms with Crippen molar-refractivity contribution in [2.45, 2.75) is 58.5 Å². The van der Waals surface area contributed by atoms with Crippen molar-refractivity contribution in [1.82, 2.24) is 24.6 Å². The first-order chi connectivity index (χ1) is 16.0. The highest BCUT2D eigenvalue weighted by atomic mass is 16.3. The minimum Gasteiger partial charge on any atom is -0.483 e. The van der Waals surface area contributed by atoms with Gasteiger partial charge in [0, 0.05) is 38.0 Å². The van der Waals surface area contributed by atoms with Gasteiger partial charge in [-0.1, -0.05) is 44.2 Å². The molecule has 3 heterocycles. The van der Waals surface area contributed by atoms with E-state index in [0.29, 0.717) is 44.7 Å². The van der Waals surface area contributed by atoms with E-state index in [1.54, 1.807) is 0 Å². The third kappa shape index (κ3) is 5.97. The molecule has 1 aromatic heterocycles. The maximum atomic E-state index is 13.1. The Morgan fingerprint density at radius 1 is 1.18 bits per heavy atom. The Bertz CT molecular complexity index is 944. The van der Waals surface area contributed by atoms with Crippen molar-refractivity contribution in [3.63, 3.8) is 0 Å². The van der Waals surface area contributed by atoms with E-state index >= 15 is 0 Å². The molecule has 2 aliphatic heterocycles. The summed E-state index contributed by atoms with van der Waals surface area (Å²) in [5.74, 6) is 2.20. The van der Waals surface area contributed by atoms with Crippen LogP contribution in [0.4, 0.5) is 0 Å². The smallest absolute Gasteiger partial charge is 0.290 e. The van der Waals surface area contributed by atoms with E-state index in [1.807, 2.05) is 44.8 Å². The summed E-state index contributed by atoms with van der Waals surface area (Å²) in [5, 5.41) is 11.6. The number of likely N-dealkylation sites (tertiary alicyclic amines) is 1. The lowest BCUT2D eigenvalue weighted by molar-refractivity contribution is -0.138. The molecule has 1 saturated heterocycles. The third-order valence-corrected chi connectivity index (χ3v) is 6.08. The Labute approximate surface area is 194 Å². The second kappa shape index (κ2) is 11.6. The third-order valence-electron chi connectivity index (χ3n) is 6.08. The van der Waals surface area contributed by atoms with Crippen molar-refractivity contribution in [2.24, 2.45) is 5.92 Å². The van der Waals surface area contributed by atoms with Crippen LogP contribution in [0.1, 0.15) is 57.8 Å². The van der Waals surface area contributed by atoms with Crippen LogP contribution in [0.5, 0.6) is 0 Å². The van der Waals surface area contributed by atoms with Gasteiger partial charge >= 0.3 is 0 Å². The zero-order chi connectivity index (χ0) is 23.8. The quantitative estimate of drug-likeness (QED) is 0.671. The fourth-order valence-electron chi connectivity index (χ4n) is 4.53. The molecule has 178 valence electrons. The number of piperidine rings is 1.